The Balaban J connectivity index is 2.09. The molecule has 1 saturated heterocycles. The summed E-state index contributed by atoms with van der Waals surface area (Å²) in [6.45, 7) is 4.21. The minimum Gasteiger partial charge on any atom is -0.482 e. The molecule has 1 heterocycles. The van der Waals surface area contributed by atoms with Gasteiger partial charge in [-0.3, -0.25) is 9.59 Å². The van der Waals surface area contributed by atoms with Crippen LogP contribution in [0.4, 0.5) is 0 Å². The third-order valence-corrected chi connectivity index (χ3v) is 5.78. The lowest BCUT2D eigenvalue weighted by Crippen LogP contribution is -2.53. The van der Waals surface area contributed by atoms with Gasteiger partial charge in [0, 0.05) is 24.6 Å². The first-order chi connectivity index (χ1) is 9.49. The molecule has 1 aliphatic heterocycles. The molecule has 1 aromatic carbocycles. The SMILES string of the molecule is CC(=O)O[Si](C)(OC(=O)CC1COC1)c1ccccc1. The Hall–Kier alpha value is -1.66. The van der Waals surface area contributed by atoms with Crippen LogP contribution < -0.4 is 5.19 Å². The lowest BCUT2D eigenvalue weighted by molar-refractivity contribution is -0.143. The van der Waals surface area contributed by atoms with Crippen LogP contribution in [0.3, 0.4) is 0 Å². The van der Waals surface area contributed by atoms with Crippen LogP contribution in [0, 0.1) is 5.92 Å². The lowest BCUT2D eigenvalue weighted by atomic mass is 10.1. The molecule has 5 nitrogen and oxygen atoms in total. The van der Waals surface area contributed by atoms with E-state index in [0.29, 0.717) is 19.6 Å². The summed E-state index contributed by atoms with van der Waals surface area (Å²) in [5.41, 5.74) is 0. The molecule has 0 saturated carbocycles. The zero-order chi connectivity index (χ0) is 14.6. The Morgan fingerprint density at radius 1 is 1.25 bits per heavy atom. The van der Waals surface area contributed by atoms with Gasteiger partial charge in [-0.1, -0.05) is 30.3 Å². The van der Waals surface area contributed by atoms with E-state index in [1.807, 2.05) is 30.3 Å². The van der Waals surface area contributed by atoms with Gasteiger partial charge < -0.3 is 13.6 Å². The van der Waals surface area contributed by atoms with E-state index >= 15 is 0 Å². The van der Waals surface area contributed by atoms with Gasteiger partial charge in [-0.25, -0.2) is 0 Å². The molecule has 1 fully saturated rings. The summed E-state index contributed by atoms with van der Waals surface area (Å²) < 4.78 is 15.9. The van der Waals surface area contributed by atoms with Crippen LogP contribution in [0.2, 0.25) is 6.55 Å². The maximum absolute atomic E-state index is 12.0. The molecule has 1 atom stereocenters. The summed E-state index contributed by atoms with van der Waals surface area (Å²) in [4.78, 5) is 23.3. The van der Waals surface area contributed by atoms with Crippen molar-refractivity contribution in [2.75, 3.05) is 13.2 Å². The molecule has 1 aliphatic rings. The molecule has 0 aromatic heterocycles. The fourth-order valence-corrected chi connectivity index (χ4v) is 4.19. The van der Waals surface area contributed by atoms with Crippen molar-refractivity contribution in [3.8, 4) is 0 Å². The van der Waals surface area contributed by atoms with E-state index in [1.165, 1.54) is 6.92 Å². The third-order valence-electron chi connectivity index (χ3n) is 3.11. The van der Waals surface area contributed by atoms with Crippen molar-refractivity contribution in [2.24, 2.45) is 5.92 Å². The monoisotopic (exact) mass is 294 g/mol. The van der Waals surface area contributed by atoms with Crippen LogP contribution in [-0.2, 0) is 23.2 Å². The largest absolute Gasteiger partial charge is 0.496 e. The van der Waals surface area contributed by atoms with Crippen molar-refractivity contribution in [3.63, 3.8) is 0 Å². The average Bonchev–Trinajstić information content (AvgIpc) is 2.34. The molecule has 1 aromatic rings. The standard InChI is InChI=1S/C14H18O5Si/c1-11(15)18-20(2,13-6-4-3-5-7-13)19-14(16)8-12-9-17-10-12/h3-7,12H,8-10H2,1-2H3. The van der Waals surface area contributed by atoms with Crippen LogP contribution in [0.1, 0.15) is 13.3 Å². The van der Waals surface area contributed by atoms with Gasteiger partial charge >= 0.3 is 8.56 Å². The molecule has 1 unspecified atom stereocenters. The van der Waals surface area contributed by atoms with Crippen molar-refractivity contribution in [2.45, 2.75) is 19.9 Å². The highest BCUT2D eigenvalue weighted by atomic mass is 28.4. The van der Waals surface area contributed by atoms with Crippen molar-refractivity contribution >= 4 is 25.7 Å². The highest BCUT2D eigenvalue weighted by Gasteiger charge is 2.42. The highest BCUT2D eigenvalue weighted by molar-refractivity contribution is 6.82. The van der Waals surface area contributed by atoms with Gasteiger partial charge in [0.05, 0.1) is 19.6 Å². The molecule has 0 aliphatic carbocycles. The Morgan fingerprint density at radius 2 is 1.90 bits per heavy atom. The first kappa shape index (κ1) is 14.7. The smallest absolute Gasteiger partial charge is 0.482 e. The average molecular weight is 294 g/mol. The molecule has 6 heteroatoms. The van der Waals surface area contributed by atoms with Crippen molar-refractivity contribution in [3.05, 3.63) is 30.3 Å². The van der Waals surface area contributed by atoms with Gasteiger partial charge in [-0.05, 0) is 0 Å². The molecule has 20 heavy (non-hydrogen) atoms. The van der Waals surface area contributed by atoms with Crippen LogP contribution in [0.25, 0.3) is 0 Å². The maximum atomic E-state index is 12.0. The van der Waals surface area contributed by atoms with Crippen LogP contribution in [-0.4, -0.2) is 33.7 Å². The van der Waals surface area contributed by atoms with Crippen molar-refractivity contribution in [1.29, 1.82) is 0 Å². The highest BCUT2D eigenvalue weighted by Crippen LogP contribution is 2.17. The van der Waals surface area contributed by atoms with E-state index in [9.17, 15) is 9.59 Å². The van der Waals surface area contributed by atoms with Gasteiger partial charge in [-0.15, -0.1) is 0 Å². The Bertz CT molecular complexity index is 486. The second-order valence-electron chi connectivity index (χ2n) is 4.99. The number of carbonyl (C=O) groups excluding carboxylic acids is 2. The quantitative estimate of drug-likeness (QED) is 0.761. The van der Waals surface area contributed by atoms with Crippen LogP contribution >= 0.6 is 0 Å². The second-order valence-corrected chi connectivity index (χ2v) is 7.86. The Labute approximate surface area is 119 Å². The van der Waals surface area contributed by atoms with E-state index < -0.39 is 14.5 Å². The molecular formula is C14H18O5Si. The third kappa shape index (κ3) is 3.67. The van der Waals surface area contributed by atoms with E-state index in [1.54, 1.807) is 6.55 Å². The second kappa shape index (κ2) is 6.19. The summed E-state index contributed by atoms with van der Waals surface area (Å²) in [5.74, 6) is -0.561. The molecule has 2 rings (SSSR count). The number of carbonyl (C=O) groups is 2. The minimum atomic E-state index is -3.05. The summed E-state index contributed by atoms with van der Waals surface area (Å²) in [7, 11) is -3.05. The van der Waals surface area contributed by atoms with Crippen molar-refractivity contribution < 1.29 is 23.2 Å². The fraction of sp³-hybridized carbons (Fsp3) is 0.429. The zero-order valence-corrected chi connectivity index (χ0v) is 12.6. The van der Waals surface area contributed by atoms with Gasteiger partial charge in [0.15, 0.2) is 0 Å². The fourth-order valence-electron chi connectivity index (χ4n) is 2.05. The number of rotatable bonds is 5. The summed E-state index contributed by atoms with van der Waals surface area (Å²) in [5, 5.41) is 0.758. The minimum absolute atomic E-state index is 0.217. The van der Waals surface area contributed by atoms with Gasteiger partial charge in [0.25, 0.3) is 11.9 Å². The molecule has 0 bridgehead atoms. The van der Waals surface area contributed by atoms with E-state index in [2.05, 4.69) is 0 Å². The summed E-state index contributed by atoms with van der Waals surface area (Å²) in [6.07, 6.45) is 0.302. The normalized spacial score (nSPS) is 17.7. The number of hydrogen-bond donors (Lipinski definition) is 0. The van der Waals surface area contributed by atoms with Crippen molar-refractivity contribution in [1.82, 2.24) is 0 Å². The van der Waals surface area contributed by atoms with Crippen LogP contribution in [0.5, 0.6) is 0 Å². The van der Waals surface area contributed by atoms with Gasteiger partial charge in [0.2, 0.25) is 0 Å². The molecule has 108 valence electrons. The lowest BCUT2D eigenvalue weighted by Gasteiger charge is -2.29. The molecule has 0 radical (unpaired) electrons. The first-order valence-corrected chi connectivity index (χ1v) is 8.86. The molecular weight excluding hydrogens is 276 g/mol. The van der Waals surface area contributed by atoms with E-state index in [0.717, 1.165) is 5.19 Å². The predicted molar refractivity (Wildman–Crippen MR) is 74.5 cm³/mol. The van der Waals surface area contributed by atoms with Gasteiger partial charge in [-0.2, -0.15) is 0 Å². The number of ether oxygens (including phenoxy) is 1. The Morgan fingerprint density at radius 3 is 2.40 bits per heavy atom. The first-order valence-electron chi connectivity index (χ1n) is 6.54. The zero-order valence-electron chi connectivity index (χ0n) is 11.6. The summed E-state index contributed by atoms with van der Waals surface area (Å²) in [6, 6.07) is 9.15. The molecule has 0 N–H and O–H groups in total. The maximum Gasteiger partial charge on any atom is 0.496 e. The van der Waals surface area contributed by atoms with E-state index in [4.69, 9.17) is 13.6 Å². The van der Waals surface area contributed by atoms with E-state index in [-0.39, 0.29) is 11.9 Å². The predicted octanol–water partition coefficient (Wildman–Crippen LogP) is 1.11. The van der Waals surface area contributed by atoms with Gasteiger partial charge in [0.1, 0.15) is 0 Å². The topological polar surface area (TPSA) is 61.8 Å². The molecule has 0 spiro atoms. The Kier molecular flexibility index (Phi) is 4.56. The number of benzene rings is 1. The van der Waals surface area contributed by atoms with Crippen LogP contribution in [0.15, 0.2) is 30.3 Å². The number of hydrogen-bond acceptors (Lipinski definition) is 5. The summed E-state index contributed by atoms with van der Waals surface area (Å²) >= 11 is 0. The molecule has 0 amide bonds.